The van der Waals surface area contributed by atoms with Gasteiger partial charge in [-0.2, -0.15) is 0 Å². The Hall–Kier alpha value is 0.479. The van der Waals surface area contributed by atoms with Crippen molar-refractivity contribution < 1.29 is 6.51 Å². The van der Waals surface area contributed by atoms with Crippen LogP contribution in [0.1, 0.15) is 6.92 Å². The fourth-order valence-electron chi connectivity index (χ4n) is 18.9. The zero-order chi connectivity index (χ0) is 9.51. The summed E-state index contributed by atoms with van der Waals surface area (Å²) in [5.41, 5.74) is 0. The van der Waals surface area contributed by atoms with E-state index in [9.17, 15) is 0 Å². The van der Waals surface area contributed by atoms with Crippen LogP contribution in [0.5, 0.6) is 0 Å². The molecule has 0 saturated carbocycles. The second kappa shape index (κ2) is 0.369. The molecule has 1 nitrogen and oxygen atoms in total. The fraction of sp³-hybridized carbons (Fsp3) is 1.00. The van der Waals surface area contributed by atoms with Gasteiger partial charge in [0.25, 0.3) is 0 Å². The first-order valence-electron chi connectivity index (χ1n) is 6.77. The molecule has 0 aromatic rings. The molecule has 82 valence electrons. The van der Waals surface area contributed by atoms with Crippen molar-refractivity contribution in [2.45, 2.75) is 54.2 Å². The van der Waals surface area contributed by atoms with Crippen LogP contribution in [0.25, 0.3) is 0 Å². The first-order valence-corrected chi connectivity index (χ1v) is 13.0. The van der Waals surface area contributed by atoms with Gasteiger partial charge in [-0.15, -0.1) is 0 Å². The van der Waals surface area contributed by atoms with Crippen LogP contribution >= 0.6 is 0 Å². The van der Waals surface area contributed by atoms with Crippen molar-refractivity contribution >= 4 is 0 Å². The van der Waals surface area contributed by atoms with Crippen molar-refractivity contribution in [3.05, 3.63) is 0 Å². The fourth-order valence-corrected chi connectivity index (χ4v) is 96.7. The Bertz CT molecular complexity index is 917. The van der Waals surface area contributed by atoms with Crippen LogP contribution in [0.2, 0.25) is 42.8 Å². The predicted molar refractivity (Wildman–Crippen MR) is 54.8 cm³/mol. The molecule has 5 unspecified atom stereocenters. The van der Waals surface area contributed by atoms with Gasteiger partial charge in [-0.05, 0) is 0 Å². The second-order valence-corrected chi connectivity index (χ2v) is 34.4. The number of hydrogen-bond acceptors (Lipinski definition) is 1. The topological polar surface area (TPSA) is 3.24 Å². The van der Waals surface area contributed by atoms with E-state index < -0.39 is 6.51 Å². The van der Waals surface area contributed by atoms with Crippen LogP contribution in [0.4, 0.5) is 0 Å². The quantitative estimate of drug-likeness (QED) is 0.639. The van der Waals surface area contributed by atoms with Gasteiger partial charge in [-0.1, -0.05) is 0 Å². The van der Waals surface area contributed by atoms with E-state index in [4.69, 9.17) is 0 Å². The van der Waals surface area contributed by atoms with Crippen molar-refractivity contribution in [3.8, 4) is 0 Å². The maximum absolute atomic E-state index is 2.83. The van der Waals surface area contributed by atoms with Crippen LogP contribution in [0.15, 0.2) is 0 Å². The SMILES string of the molecule is CN(C)[C]12[CH]3[CH]4[CH]5[C]1(C)[Fe]45321678[CH]2[CH]1[CH]6[CH]7[CH]28. The third-order valence-electron chi connectivity index (χ3n) is 16.2. The Morgan fingerprint density at radius 3 is 1.47 bits per heavy atom. The third-order valence-corrected chi connectivity index (χ3v) is 60.4. The molecule has 0 aromatic carbocycles. The molecule has 5 atom stereocenters. The van der Waals surface area contributed by atoms with Gasteiger partial charge in [0.15, 0.2) is 0 Å². The van der Waals surface area contributed by atoms with Crippen LogP contribution in [-0.4, -0.2) is 23.4 Å². The molecule has 10 rings (SSSR count). The molecule has 10 aliphatic rings. The number of fused-ring (bicyclic) bond motifs is 10. The van der Waals surface area contributed by atoms with Gasteiger partial charge >= 0.3 is 79.7 Å². The number of rotatable bonds is 1. The van der Waals surface area contributed by atoms with Crippen molar-refractivity contribution in [2.24, 2.45) is 0 Å². The molecule has 0 amide bonds. The van der Waals surface area contributed by atoms with E-state index in [1.54, 1.807) is 0 Å². The van der Waals surface area contributed by atoms with Crippen molar-refractivity contribution in [1.82, 2.24) is 4.90 Å². The summed E-state index contributed by atoms with van der Waals surface area (Å²) in [5.74, 6) is 0. The molecule has 0 radical (unpaired) electrons. The molecular formula is C13H17FeN. The average molecular weight is 243 g/mol. The van der Waals surface area contributed by atoms with Gasteiger partial charge in [0.1, 0.15) is 0 Å². The summed E-state index contributed by atoms with van der Waals surface area (Å²) < 4.78 is 2.00. The Morgan fingerprint density at radius 1 is 0.867 bits per heavy atom. The zero-order valence-corrected chi connectivity index (χ0v) is 10.5. The first kappa shape index (κ1) is 5.42. The van der Waals surface area contributed by atoms with Crippen molar-refractivity contribution in [3.63, 3.8) is 0 Å². The molecule has 0 bridgehead atoms. The molecule has 15 heavy (non-hydrogen) atoms. The Morgan fingerprint density at radius 2 is 1.40 bits per heavy atom. The molecule has 0 aromatic heterocycles. The summed E-state index contributed by atoms with van der Waals surface area (Å²) in [5, 5.41) is 0. The normalized spacial score (nSPS) is 139. The molecule has 10 saturated heterocycles. The molecule has 1 spiro atoms. The monoisotopic (exact) mass is 243 g/mol. The average Bonchev–Trinajstić information content (AvgIpc) is 3.10. The number of hydrogen-bond donors (Lipinski definition) is 0. The molecule has 0 aliphatic carbocycles. The van der Waals surface area contributed by atoms with Gasteiger partial charge in [-0.25, -0.2) is 0 Å². The van der Waals surface area contributed by atoms with E-state index in [0.717, 1.165) is 8.75 Å². The Balaban J connectivity index is 1.91. The van der Waals surface area contributed by atoms with Gasteiger partial charge in [0, 0.05) is 0 Å². The summed E-state index contributed by atoms with van der Waals surface area (Å²) in [4.78, 5) is 14.5. The molecule has 10 aliphatic heterocycles. The molecular weight excluding hydrogens is 226 g/mol. The van der Waals surface area contributed by atoms with Gasteiger partial charge in [0.2, 0.25) is 0 Å². The minimum atomic E-state index is -2.83. The van der Waals surface area contributed by atoms with Crippen molar-refractivity contribution in [2.75, 3.05) is 14.1 Å². The van der Waals surface area contributed by atoms with Gasteiger partial charge < -0.3 is 0 Å². The minimum absolute atomic E-state index is 0.964. The van der Waals surface area contributed by atoms with E-state index in [-0.39, 0.29) is 0 Å². The van der Waals surface area contributed by atoms with Crippen LogP contribution < -0.4 is 0 Å². The van der Waals surface area contributed by atoms with E-state index in [1.165, 1.54) is 38.5 Å². The summed E-state index contributed by atoms with van der Waals surface area (Å²) in [6.45, 7) is -0.00648. The van der Waals surface area contributed by atoms with Gasteiger partial charge in [-0.3, -0.25) is 0 Å². The Labute approximate surface area is 79.9 Å². The third kappa shape index (κ3) is 0.0414. The first-order chi connectivity index (χ1) is 6.88. The Kier molecular flexibility index (Phi) is 0.133. The molecule has 10 heterocycles. The van der Waals surface area contributed by atoms with E-state index in [2.05, 4.69) is 25.9 Å². The summed E-state index contributed by atoms with van der Waals surface area (Å²) in [7, 11) is 4.93. The van der Waals surface area contributed by atoms with Gasteiger partial charge in [0.05, 0.1) is 0 Å². The molecule has 10 fully saturated rings. The second-order valence-electron chi connectivity index (χ2n) is 11.0. The van der Waals surface area contributed by atoms with E-state index in [0.29, 0.717) is 0 Å². The summed E-state index contributed by atoms with van der Waals surface area (Å²) >= 11 is 0. The number of nitrogens with zero attached hydrogens (tertiary/aromatic N) is 1. The van der Waals surface area contributed by atoms with E-state index >= 15 is 0 Å². The maximum atomic E-state index is 2.83. The van der Waals surface area contributed by atoms with Crippen molar-refractivity contribution in [1.29, 1.82) is 0 Å². The van der Waals surface area contributed by atoms with E-state index in [1.807, 2.05) is 0 Å². The summed E-state index contributed by atoms with van der Waals surface area (Å²) in [6.07, 6.45) is 0. The molecule has 0 N–H and O–H groups in total. The summed E-state index contributed by atoms with van der Waals surface area (Å²) in [6, 6.07) is 0. The zero-order valence-electron chi connectivity index (χ0n) is 9.42. The van der Waals surface area contributed by atoms with Crippen LogP contribution in [0, 0.1) is 0 Å². The van der Waals surface area contributed by atoms with Crippen LogP contribution in [-0.2, 0) is 6.51 Å². The van der Waals surface area contributed by atoms with Crippen LogP contribution in [0.3, 0.4) is 0 Å². The standard InChI is InChI=1S/C8H12N.C5H5.Fe/c1-7-5-4-6-8(7)9(2)3;1-2-4-5-3-1;/h4-6H,1-3H3;1-5H;. The molecule has 2 heteroatoms. The predicted octanol–water partition coefficient (Wildman–Crippen LogP) is 3.24.